The minimum atomic E-state index is -0.219. The third-order valence-electron chi connectivity index (χ3n) is 2.10. The molecule has 12 heavy (non-hydrogen) atoms. The van der Waals surface area contributed by atoms with Crippen molar-refractivity contribution in [3.63, 3.8) is 0 Å². The highest BCUT2D eigenvalue weighted by molar-refractivity contribution is 5.69. The fourth-order valence-corrected chi connectivity index (χ4v) is 1.26. The number of esters is 1. The van der Waals surface area contributed by atoms with Gasteiger partial charge in [-0.15, -0.1) is 0 Å². The predicted molar refractivity (Wildman–Crippen MR) is 45.7 cm³/mol. The molecule has 1 saturated heterocycles. The maximum absolute atomic E-state index is 10.8. The third-order valence-corrected chi connectivity index (χ3v) is 2.10. The largest absolute Gasteiger partial charge is 0.469 e. The monoisotopic (exact) mass is 172 g/mol. The molecule has 1 aliphatic rings. The molecule has 1 atom stereocenters. The Morgan fingerprint density at radius 2 is 2.33 bits per heavy atom. The molecule has 1 heterocycles. The van der Waals surface area contributed by atoms with E-state index >= 15 is 0 Å². The van der Waals surface area contributed by atoms with Crippen LogP contribution in [-0.2, 0) is 9.53 Å². The minimum Gasteiger partial charge on any atom is -0.469 e. The fraction of sp³-hybridized carbons (Fsp3) is 0.875. The van der Waals surface area contributed by atoms with Gasteiger partial charge in [0, 0.05) is 12.6 Å². The standard InChI is InChI=1S/C8H16N2O2/c1-12-8(11)5-7(9)6-10-3-2-4-10/h7H,2-6,9H2,1H3. The van der Waals surface area contributed by atoms with E-state index in [1.165, 1.54) is 13.5 Å². The van der Waals surface area contributed by atoms with Gasteiger partial charge < -0.3 is 15.4 Å². The predicted octanol–water partition coefficient (Wildman–Crippen LogP) is -0.417. The number of nitrogens with zero attached hydrogens (tertiary/aromatic N) is 1. The Labute approximate surface area is 72.7 Å². The molecule has 0 aromatic rings. The number of carbonyl (C=O) groups excluding carboxylic acids is 1. The first-order valence-electron chi connectivity index (χ1n) is 4.27. The molecule has 0 bridgehead atoms. The van der Waals surface area contributed by atoms with Crippen LogP contribution < -0.4 is 5.73 Å². The highest BCUT2D eigenvalue weighted by Gasteiger charge is 2.18. The Kier molecular flexibility index (Phi) is 3.49. The number of rotatable bonds is 4. The van der Waals surface area contributed by atoms with E-state index in [1.54, 1.807) is 0 Å². The molecule has 0 radical (unpaired) electrons. The fourth-order valence-electron chi connectivity index (χ4n) is 1.26. The maximum atomic E-state index is 10.8. The smallest absolute Gasteiger partial charge is 0.307 e. The Bertz CT molecular complexity index is 157. The summed E-state index contributed by atoms with van der Waals surface area (Å²) in [5.41, 5.74) is 5.72. The van der Waals surface area contributed by atoms with Crippen molar-refractivity contribution in [2.24, 2.45) is 5.73 Å². The van der Waals surface area contributed by atoms with Crippen molar-refractivity contribution in [3.8, 4) is 0 Å². The zero-order chi connectivity index (χ0) is 8.97. The van der Waals surface area contributed by atoms with Gasteiger partial charge in [-0.25, -0.2) is 0 Å². The van der Waals surface area contributed by atoms with E-state index in [2.05, 4.69) is 9.64 Å². The summed E-state index contributed by atoms with van der Waals surface area (Å²) in [5.74, 6) is -0.219. The molecular weight excluding hydrogens is 156 g/mol. The molecule has 1 aliphatic heterocycles. The van der Waals surface area contributed by atoms with Gasteiger partial charge in [0.15, 0.2) is 0 Å². The molecule has 0 aliphatic carbocycles. The first-order valence-corrected chi connectivity index (χ1v) is 4.27. The number of hydrogen-bond acceptors (Lipinski definition) is 4. The van der Waals surface area contributed by atoms with Crippen molar-refractivity contribution in [1.82, 2.24) is 4.90 Å². The molecule has 4 heteroatoms. The van der Waals surface area contributed by atoms with Gasteiger partial charge >= 0.3 is 5.97 Å². The lowest BCUT2D eigenvalue weighted by Crippen LogP contribution is -2.45. The van der Waals surface area contributed by atoms with Crippen molar-refractivity contribution in [2.75, 3.05) is 26.7 Å². The zero-order valence-electron chi connectivity index (χ0n) is 7.45. The first kappa shape index (κ1) is 9.48. The molecule has 70 valence electrons. The number of ether oxygens (including phenoxy) is 1. The molecule has 0 aromatic heterocycles. The molecule has 0 saturated carbocycles. The van der Waals surface area contributed by atoms with Crippen LogP contribution in [0.1, 0.15) is 12.8 Å². The first-order chi connectivity index (χ1) is 5.72. The SMILES string of the molecule is COC(=O)CC(N)CN1CCC1. The second-order valence-electron chi connectivity index (χ2n) is 3.19. The minimum absolute atomic E-state index is 0.0715. The highest BCUT2D eigenvalue weighted by atomic mass is 16.5. The van der Waals surface area contributed by atoms with Crippen LogP contribution in [0.3, 0.4) is 0 Å². The van der Waals surface area contributed by atoms with Crippen LogP contribution in [0.5, 0.6) is 0 Å². The summed E-state index contributed by atoms with van der Waals surface area (Å²) in [6.45, 7) is 3.05. The van der Waals surface area contributed by atoms with Crippen LogP contribution in [0.25, 0.3) is 0 Å². The van der Waals surface area contributed by atoms with Crippen LogP contribution in [0.2, 0.25) is 0 Å². The molecule has 0 aromatic carbocycles. The molecular formula is C8H16N2O2. The molecule has 1 unspecified atom stereocenters. The van der Waals surface area contributed by atoms with E-state index in [-0.39, 0.29) is 12.0 Å². The van der Waals surface area contributed by atoms with Crippen LogP contribution >= 0.6 is 0 Å². The molecule has 0 spiro atoms. The van der Waals surface area contributed by atoms with E-state index in [0.717, 1.165) is 19.6 Å². The lowest BCUT2D eigenvalue weighted by molar-refractivity contribution is -0.141. The van der Waals surface area contributed by atoms with E-state index in [4.69, 9.17) is 5.73 Å². The molecule has 0 amide bonds. The van der Waals surface area contributed by atoms with Crippen LogP contribution in [0.15, 0.2) is 0 Å². The van der Waals surface area contributed by atoms with Gasteiger partial charge in [0.2, 0.25) is 0 Å². The van der Waals surface area contributed by atoms with E-state index in [1.807, 2.05) is 0 Å². The van der Waals surface area contributed by atoms with Gasteiger partial charge in [-0.05, 0) is 19.5 Å². The number of hydrogen-bond donors (Lipinski definition) is 1. The van der Waals surface area contributed by atoms with Gasteiger partial charge in [0.05, 0.1) is 13.5 Å². The Morgan fingerprint density at radius 1 is 1.67 bits per heavy atom. The van der Waals surface area contributed by atoms with Gasteiger partial charge in [-0.1, -0.05) is 0 Å². The second-order valence-corrected chi connectivity index (χ2v) is 3.19. The van der Waals surface area contributed by atoms with Crippen molar-refractivity contribution >= 4 is 5.97 Å². The van der Waals surface area contributed by atoms with Gasteiger partial charge in [-0.2, -0.15) is 0 Å². The van der Waals surface area contributed by atoms with Crippen molar-refractivity contribution in [1.29, 1.82) is 0 Å². The summed E-state index contributed by atoms with van der Waals surface area (Å²) in [7, 11) is 1.39. The Morgan fingerprint density at radius 3 is 2.75 bits per heavy atom. The van der Waals surface area contributed by atoms with Crippen molar-refractivity contribution < 1.29 is 9.53 Å². The van der Waals surface area contributed by atoms with Gasteiger partial charge in [0.1, 0.15) is 0 Å². The van der Waals surface area contributed by atoms with E-state index < -0.39 is 0 Å². The second kappa shape index (κ2) is 4.42. The average Bonchev–Trinajstić information content (AvgIpc) is 1.97. The van der Waals surface area contributed by atoms with Crippen LogP contribution in [0.4, 0.5) is 0 Å². The van der Waals surface area contributed by atoms with Crippen molar-refractivity contribution in [2.45, 2.75) is 18.9 Å². The maximum Gasteiger partial charge on any atom is 0.307 e. The van der Waals surface area contributed by atoms with E-state index in [0.29, 0.717) is 6.42 Å². The summed E-state index contributed by atoms with van der Waals surface area (Å²) in [6, 6.07) is -0.0715. The van der Waals surface area contributed by atoms with E-state index in [9.17, 15) is 4.79 Å². The number of carbonyl (C=O) groups is 1. The van der Waals surface area contributed by atoms with Crippen LogP contribution in [-0.4, -0.2) is 43.7 Å². The lowest BCUT2D eigenvalue weighted by Gasteiger charge is -2.32. The summed E-state index contributed by atoms with van der Waals surface area (Å²) in [4.78, 5) is 13.0. The zero-order valence-corrected chi connectivity index (χ0v) is 7.45. The van der Waals surface area contributed by atoms with Crippen molar-refractivity contribution in [3.05, 3.63) is 0 Å². The molecule has 1 fully saturated rings. The number of nitrogens with two attached hydrogens (primary N) is 1. The lowest BCUT2D eigenvalue weighted by atomic mass is 10.1. The molecule has 2 N–H and O–H groups in total. The Hall–Kier alpha value is -0.610. The van der Waals surface area contributed by atoms with Crippen LogP contribution in [0, 0.1) is 0 Å². The summed E-state index contributed by atoms with van der Waals surface area (Å²) in [5, 5.41) is 0. The Balaban J connectivity index is 2.10. The molecule has 1 rings (SSSR count). The molecule has 4 nitrogen and oxygen atoms in total. The number of likely N-dealkylation sites (tertiary alicyclic amines) is 1. The summed E-state index contributed by atoms with van der Waals surface area (Å²) >= 11 is 0. The topological polar surface area (TPSA) is 55.6 Å². The van der Waals surface area contributed by atoms with Gasteiger partial charge in [-0.3, -0.25) is 4.79 Å². The third kappa shape index (κ3) is 2.79. The highest BCUT2D eigenvalue weighted by Crippen LogP contribution is 2.06. The normalized spacial score (nSPS) is 19.8. The summed E-state index contributed by atoms with van der Waals surface area (Å²) in [6.07, 6.45) is 1.58. The number of methoxy groups -OCH3 is 1. The summed E-state index contributed by atoms with van der Waals surface area (Å²) < 4.78 is 4.52. The quantitative estimate of drug-likeness (QED) is 0.585. The average molecular weight is 172 g/mol. The van der Waals surface area contributed by atoms with Gasteiger partial charge in [0.25, 0.3) is 0 Å².